The molecule has 2 nitrogen and oxygen atoms in total. The Morgan fingerprint density at radius 2 is 2.14 bits per heavy atom. The minimum absolute atomic E-state index is 0.238. The molecule has 0 spiro atoms. The van der Waals surface area contributed by atoms with E-state index in [-0.39, 0.29) is 5.97 Å². The highest BCUT2D eigenvalue weighted by atomic mass is 16.5. The van der Waals surface area contributed by atoms with Crippen LogP contribution >= 0.6 is 0 Å². The summed E-state index contributed by atoms with van der Waals surface area (Å²) in [5.74, 6) is 1.13. The molecule has 1 aliphatic rings. The lowest BCUT2D eigenvalue weighted by atomic mass is 10.1. The van der Waals surface area contributed by atoms with Crippen molar-refractivity contribution in [3.63, 3.8) is 0 Å². The molecule has 0 aliphatic heterocycles. The smallest absolute Gasteiger partial charge is 0.308 e. The van der Waals surface area contributed by atoms with Crippen LogP contribution in [-0.4, -0.2) is 5.97 Å². The van der Waals surface area contributed by atoms with Gasteiger partial charge in [-0.2, -0.15) is 0 Å². The Morgan fingerprint density at radius 1 is 1.43 bits per heavy atom. The van der Waals surface area contributed by atoms with Crippen molar-refractivity contribution in [3.05, 3.63) is 29.3 Å². The van der Waals surface area contributed by atoms with Gasteiger partial charge in [-0.1, -0.05) is 12.1 Å². The Balaban J connectivity index is 2.32. The first-order chi connectivity index (χ1) is 6.66. The van der Waals surface area contributed by atoms with Gasteiger partial charge < -0.3 is 4.74 Å². The van der Waals surface area contributed by atoms with Crippen LogP contribution in [0, 0.1) is 6.92 Å². The molecule has 0 aromatic heterocycles. The fraction of sp³-hybridized carbons (Fsp3) is 0.417. The number of aryl methyl sites for hydroxylation is 1. The van der Waals surface area contributed by atoms with E-state index in [1.807, 2.05) is 13.0 Å². The molecule has 2 rings (SSSR count). The summed E-state index contributed by atoms with van der Waals surface area (Å²) in [4.78, 5) is 10.9. The third kappa shape index (κ3) is 1.95. The second-order valence-corrected chi connectivity index (χ2v) is 3.91. The summed E-state index contributed by atoms with van der Waals surface area (Å²) in [6, 6.07) is 6.08. The zero-order valence-corrected chi connectivity index (χ0v) is 8.54. The number of benzene rings is 1. The van der Waals surface area contributed by atoms with Crippen molar-refractivity contribution in [2.24, 2.45) is 0 Å². The zero-order valence-electron chi connectivity index (χ0n) is 8.54. The lowest BCUT2D eigenvalue weighted by Crippen LogP contribution is -2.03. The number of carbonyl (C=O) groups excluding carboxylic acids is 1. The minimum atomic E-state index is -0.238. The SMILES string of the molecule is CC(=O)Oc1cc(C)ccc1C1CC1. The minimum Gasteiger partial charge on any atom is -0.426 e. The molecule has 1 aromatic carbocycles. The Morgan fingerprint density at radius 3 is 2.71 bits per heavy atom. The number of hydrogen-bond acceptors (Lipinski definition) is 2. The first-order valence-corrected chi connectivity index (χ1v) is 4.96. The van der Waals surface area contributed by atoms with Crippen molar-refractivity contribution in [1.82, 2.24) is 0 Å². The molecule has 0 amide bonds. The lowest BCUT2D eigenvalue weighted by Gasteiger charge is -2.08. The molecule has 0 unspecified atom stereocenters. The molecule has 14 heavy (non-hydrogen) atoms. The van der Waals surface area contributed by atoms with Crippen LogP contribution in [0.5, 0.6) is 5.75 Å². The fourth-order valence-corrected chi connectivity index (χ4v) is 1.62. The van der Waals surface area contributed by atoms with Crippen LogP contribution in [0.4, 0.5) is 0 Å². The van der Waals surface area contributed by atoms with Gasteiger partial charge in [-0.3, -0.25) is 4.79 Å². The number of ether oxygens (including phenoxy) is 1. The summed E-state index contributed by atoms with van der Waals surface area (Å²) < 4.78 is 5.19. The molecule has 0 N–H and O–H groups in total. The van der Waals surface area contributed by atoms with Crippen molar-refractivity contribution < 1.29 is 9.53 Å². The van der Waals surface area contributed by atoms with Gasteiger partial charge in [0.05, 0.1) is 0 Å². The van der Waals surface area contributed by atoms with E-state index in [0.717, 1.165) is 11.3 Å². The molecule has 1 saturated carbocycles. The molecule has 0 saturated heterocycles. The predicted molar refractivity (Wildman–Crippen MR) is 54.5 cm³/mol. The largest absolute Gasteiger partial charge is 0.426 e. The van der Waals surface area contributed by atoms with Gasteiger partial charge in [-0.25, -0.2) is 0 Å². The molecule has 0 radical (unpaired) electrons. The average Bonchev–Trinajstić information content (AvgIpc) is 2.86. The monoisotopic (exact) mass is 190 g/mol. The number of rotatable bonds is 2. The number of esters is 1. The van der Waals surface area contributed by atoms with Crippen molar-refractivity contribution in [3.8, 4) is 5.75 Å². The molecular formula is C12H14O2. The van der Waals surface area contributed by atoms with E-state index < -0.39 is 0 Å². The summed E-state index contributed by atoms with van der Waals surface area (Å²) >= 11 is 0. The van der Waals surface area contributed by atoms with Crippen LogP contribution in [0.2, 0.25) is 0 Å². The molecule has 74 valence electrons. The highest BCUT2D eigenvalue weighted by Crippen LogP contribution is 2.44. The summed E-state index contributed by atoms with van der Waals surface area (Å²) in [6.45, 7) is 3.45. The van der Waals surface area contributed by atoms with E-state index in [0.29, 0.717) is 5.92 Å². The van der Waals surface area contributed by atoms with Gasteiger partial charge in [-0.15, -0.1) is 0 Å². The maximum absolute atomic E-state index is 10.9. The first-order valence-electron chi connectivity index (χ1n) is 4.96. The van der Waals surface area contributed by atoms with Crippen molar-refractivity contribution in [1.29, 1.82) is 0 Å². The van der Waals surface area contributed by atoms with Crippen LogP contribution in [0.15, 0.2) is 18.2 Å². The van der Waals surface area contributed by atoms with Crippen molar-refractivity contribution in [2.75, 3.05) is 0 Å². The second-order valence-electron chi connectivity index (χ2n) is 3.91. The predicted octanol–water partition coefficient (Wildman–Crippen LogP) is 2.80. The van der Waals surface area contributed by atoms with Gasteiger partial charge in [0.1, 0.15) is 5.75 Å². The molecular weight excluding hydrogens is 176 g/mol. The molecule has 1 aliphatic carbocycles. The normalized spacial score (nSPS) is 15.3. The fourth-order valence-electron chi connectivity index (χ4n) is 1.62. The topological polar surface area (TPSA) is 26.3 Å². The van der Waals surface area contributed by atoms with E-state index in [4.69, 9.17) is 4.74 Å². The third-order valence-electron chi connectivity index (χ3n) is 2.44. The number of hydrogen-bond donors (Lipinski definition) is 0. The Hall–Kier alpha value is -1.31. The van der Waals surface area contributed by atoms with Gasteiger partial charge in [0.25, 0.3) is 0 Å². The molecule has 0 atom stereocenters. The van der Waals surface area contributed by atoms with E-state index >= 15 is 0 Å². The second kappa shape index (κ2) is 3.45. The standard InChI is InChI=1S/C12H14O2/c1-8-3-6-11(10-4-5-10)12(7-8)14-9(2)13/h3,6-7,10H,4-5H2,1-2H3. The van der Waals surface area contributed by atoms with E-state index in [1.165, 1.54) is 25.3 Å². The van der Waals surface area contributed by atoms with E-state index in [1.54, 1.807) is 0 Å². The summed E-state index contributed by atoms with van der Waals surface area (Å²) in [7, 11) is 0. The van der Waals surface area contributed by atoms with Crippen molar-refractivity contribution in [2.45, 2.75) is 32.6 Å². The highest BCUT2D eigenvalue weighted by molar-refractivity contribution is 5.70. The Kier molecular flexibility index (Phi) is 2.28. The van der Waals surface area contributed by atoms with E-state index in [2.05, 4.69) is 12.1 Å². The highest BCUT2D eigenvalue weighted by Gasteiger charge is 2.27. The van der Waals surface area contributed by atoms with Crippen LogP contribution in [0.1, 0.15) is 36.8 Å². The molecule has 1 fully saturated rings. The molecule has 0 bridgehead atoms. The maximum atomic E-state index is 10.9. The average molecular weight is 190 g/mol. The summed E-state index contributed by atoms with van der Waals surface area (Å²) in [6.07, 6.45) is 2.44. The molecule has 1 aromatic rings. The van der Waals surface area contributed by atoms with Gasteiger partial charge in [0, 0.05) is 6.92 Å². The number of carbonyl (C=O) groups is 1. The van der Waals surface area contributed by atoms with E-state index in [9.17, 15) is 4.79 Å². The van der Waals surface area contributed by atoms with Crippen molar-refractivity contribution >= 4 is 5.97 Å². The Bertz CT molecular complexity index is 365. The van der Waals surface area contributed by atoms with Crippen LogP contribution < -0.4 is 4.74 Å². The summed E-state index contributed by atoms with van der Waals surface area (Å²) in [5.41, 5.74) is 2.32. The van der Waals surface area contributed by atoms with Gasteiger partial charge in [0.15, 0.2) is 0 Å². The van der Waals surface area contributed by atoms with Gasteiger partial charge >= 0.3 is 5.97 Å². The quantitative estimate of drug-likeness (QED) is 0.529. The third-order valence-corrected chi connectivity index (χ3v) is 2.44. The molecule has 0 heterocycles. The zero-order chi connectivity index (χ0) is 10.1. The van der Waals surface area contributed by atoms with Crippen LogP contribution in [0.25, 0.3) is 0 Å². The maximum Gasteiger partial charge on any atom is 0.308 e. The Labute approximate surface area is 83.9 Å². The molecule has 2 heteroatoms. The summed E-state index contributed by atoms with van der Waals surface area (Å²) in [5, 5.41) is 0. The van der Waals surface area contributed by atoms with Gasteiger partial charge in [-0.05, 0) is 42.9 Å². The van der Waals surface area contributed by atoms with Crippen LogP contribution in [0.3, 0.4) is 0 Å². The first kappa shape index (κ1) is 9.25. The lowest BCUT2D eigenvalue weighted by molar-refractivity contribution is -0.131. The van der Waals surface area contributed by atoms with Crippen LogP contribution in [-0.2, 0) is 4.79 Å². The van der Waals surface area contributed by atoms with Gasteiger partial charge in [0.2, 0.25) is 0 Å².